The molecule has 0 saturated carbocycles. The Hall–Kier alpha value is -2.59. The first-order chi connectivity index (χ1) is 25.1. The maximum Gasteiger partial charge on any atom is 0.469 e. The van der Waals surface area contributed by atoms with E-state index in [1.54, 1.807) is 36.5 Å². The summed E-state index contributed by atoms with van der Waals surface area (Å²) in [5.41, 5.74) is 0. The van der Waals surface area contributed by atoms with Crippen molar-refractivity contribution >= 4 is 19.8 Å². The van der Waals surface area contributed by atoms with Crippen LogP contribution < -0.4 is 0 Å². The van der Waals surface area contributed by atoms with E-state index in [-0.39, 0.29) is 12.8 Å². The van der Waals surface area contributed by atoms with Crippen molar-refractivity contribution in [1.29, 1.82) is 0 Å². The zero-order chi connectivity index (χ0) is 38.5. The molecule has 4 N–H and O–H groups in total. The summed E-state index contributed by atoms with van der Waals surface area (Å²) in [4.78, 5) is 42.8. The first-order valence-corrected chi connectivity index (χ1v) is 21.0. The van der Waals surface area contributed by atoms with E-state index in [1.165, 1.54) is 38.5 Å². The van der Waals surface area contributed by atoms with E-state index in [0.29, 0.717) is 25.7 Å². The summed E-state index contributed by atoms with van der Waals surface area (Å²) in [5, 5.41) is 20.1. The molecule has 0 bridgehead atoms. The number of hydrogen-bond acceptors (Lipinski definition) is 8. The zero-order valence-electron chi connectivity index (χ0n) is 31.9. The standard InChI is InChI=1S/C41H69O10P/c1-3-5-7-9-11-12-13-14-15-16-17-18-19-21-27-33-41(45)51-39(36-50-52(46,47)48)35-49-40(44)34-28-32-38(43)31-26-23-22-25-30-37(42)29-24-20-10-8-6-4-2/h11-12,14-15,20,22-26,30-31,37-39,42-43H,3-10,13,16-19,21,27-29,32-36H2,1-2H3,(H2,46,47,48)/b12-11-,15-14-,23-22+,24-20-,30-25+,31-26-/t37-,38-,39-/m1/s1. The van der Waals surface area contributed by atoms with E-state index in [1.807, 2.05) is 6.08 Å². The summed E-state index contributed by atoms with van der Waals surface area (Å²) in [6, 6.07) is 0. The third-order valence-electron chi connectivity index (χ3n) is 7.89. The van der Waals surface area contributed by atoms with Gasteiger partial charge in [-0.05, 0) is 70.6 Å². The van der Waals surface area contributed by atoms with Gasteiger partial charge in [0.05, 0.1) is 18.8 Å². The molecule has 0 amide bonds. The molecule has 0 aliphatic rings. The fraction of sp³-hybridized carbons (Fsp3) is 0.659. The highest BCUT2D eigenvalue weighted by molar-refractivity contribution is 7.46. The van der Waals surface area contributed by atoms with Crippen LogP contribution in [-0.4, -0.2) is 63.5 Å². The summed E-state index contributed by atoms with van der Waals surface area (Å²) < 4.78 is 26.2. The Morgan fingerprint density at radius 3 is 1.77 bits per heavy atom. The van der Waals surface area contributed by atoms with Gasteiger partial charge in [-0.2, -0.15) is 0 Å². The van der Waals surface area contributed by atoms with Crippen LogP contribution in [0.15, 0.2) is 72.9 Å². The van der Waals surface area contributed by atoms with Crippen molar-refractivity contribution in [3.63, 3.8) is 0 Å². The van der Waals surface area contributed by atoms with Crippen LogP contribution in [0.4, 0.5) is 0 Å². The predicted molar refractivity (Wildman–Crippen MR) is 209 cm³/mol. The first-order valence-electron chi connectivity index (χ1n) is 19.4. The van der Waals surface area contributed by atoms with Gasteiger partial charge in [-0.3, -0.25) is 14.1 Å². The number of allylic oxidation sites excluding steroid dienone is 9. The van der Waals surface area contributed by atoms with Gasteiger partial charge < -0.3 is 29.5 Å². The molecule has 0 aromatic rings. The van der Waals surface area contributed by atoms with Gasteiger partial charge >= 0.3 is 19.8 Å². The predicted octanol–water partition coefficient (Wildman–Crippen LogP) is 9.45. The lowest BCUT2D eigenvalue weighted by atomic mass is 10.1. The van der Waals surface area contributed by atoms with Crippen LogP contribution in [0.3, 0.4) is 0 Å². The minimum absolute atomic E-state index is 0.000394. The Labute approximate surface area is 314 Å². The molecule has 0 aliphatic heterocycles. The minimum atomic E-state index is -4.82. The summed E-state index contributed by atoms with van der Waals surface area (Å²) in [6.45, 7) is 3.35. The second-order valence-electron chi connectivity index (χ2n) is 12.9. The van der Waals surface area contributed by atoms with Crippen LogP contribution in [0.2, 0.25) is 0 Å². The third kappa shape index (κ3) is 37.2. The number of esters is 2. The molecule has 0 saturated heterocycles. The molecule has 3 atom stereocenters. The number of aliphatic hydroxyl groups is 2. The highest BCUT2D eigenvalue weighted by Crippen LogP contribution is 2.36. The number of ether oxygens (including phenoxy) is 2. The molecule has 0 aromatic heterocycles. The van der Waals surface area contributed by atoms with E-state index in [9.17, 15) is 24.4 Å². The molecule has 0 rings (SSSR count). The summed E-state index contributed by atoms with van der Waals surface area (Å²) in [7, 11) is -4.82. The number of carbonyl (C=O) groups is 2. The molecule has 298 valence electrons. The van der Waals surface area contributed by atoms with E-state index < -0.39 is 51.3 Å². The molecule has 0 fully saturated rings. The van der Waals surface area contributed by atoms with Crippen molar-refractivity contribution in [2.45, 2.75) is 161 Å². The summed E-state index contributed by atoms with van der Waals surface area (Å²) in [5.74, 6) is -1.15. The lowest BCUT2D eigenvalue weighted by Gasteiger charge is -2.18. The van der Waals surface area contributed by atoms with E-state index in [0.717, 1.165) is 51.4 Å². The largest absolute Gasteiger partial charge is 0.469 e. The number of unbranched alkanes of at least 4 members (excludes halogenated alkanes) is 11. The fourth-order valence-electron chi connectivity index (χ4n) is 4.89. The van der Waals surface area contributed by atoms with Crippen molar-refractivity contribution in [3.05, 3.63) is 72.9 Å². The Balaban J connectivity index is 4.27. The van der Waals surface area contributed by atoms with Crippen LogP contribution in [-0.2, 0) is 28.2 Å². The summed E-state index contributed by atoms with van der Waals surface area (Å²) >= 11 is 0. The van der Waals surface area contributed by atoms with Gasteiger partial charge in [0.25, 0.3) is 0 Å². The molecular weight excluding hydrogens is 683 g/mol. The molecule has 0 heterocycles. The Kier molecular flexibility index (Phi) is 33.7. The second kappa shape index (κ2) is 35.4. The van der Waals surface area contributed by atoms with Gasteiger partial charge in [-0.25, -0.2) is 4.57 Å². The molecule has 0 aliphatic carbocycles. The topological polar surface area (TPSA) is 160 Å². The van der Waals surface area contributed by atoms with Gasteiger partial charge in [-0.15, -0.1) is 0 Å². The zero-order valence-corrected chi connectivity index (χ0v) is 32.8. The molecule has 52 heavy (non-hydrogen) atoms. The monoisotopic (exact) mass is 752 g/mol. The number of phosphoric ester groups is 1. The lowest BCUT2D eigenvalue weighted by Crippen LogP contribution is -2.29. The normalized spacial score (nSPS) is 14.5. The smallest absolute Gasteiger partial charge is 0.462 e. The number of hydrogen-bond donors (Lipinski definition) is 4. The summed E-state index contributed by atoms with van der Waals surface area (Å²) in [6.07, 6.45) is 38.2. The first kappa shape index (κ1) is 49.4. The highest BCUT2D eigenvalue weighted by Gasteiger charge is 2.23. The maximum absolute atomic E-state index is 12.4. The van der Waals surface area contributed by atoms with E-state index in [4.69, 9.17) is 19.3 Å². The van der Waals surface area contributed by atoms with Gasteiger partial charge in [0, 0.05) is 12.8 Å². The second-order valence-corrected chi connectivity index (χ2v) is 14.2. The van der Waals surface area contributed by atoms with Crippen LogP contribution in [0, 0.1) is 0 Å². The van der Waals surface area contributed by atoms with Gasteiger partial charge in [0.2, 0.25) is 0 Å². The molecular formula is C41H69O10P. The van der Waals surface area contributed by atoms with Gasteiger partial charge in [0.1, 0.15) is 6.61 Å². The van der Waals surface area contributed by atoms with Crippen LogP contribution in [0.5, 0.6) is 0 Å². The van der Waals surface area contributed by atoms with Crippen molar-refractivity contribution in [2.24, 2.45) is 0 Å². The van der Waals surface area contributed by atoms with Gasteiger partial charge in [-0.1, -0.05) is 132 Å². The SMILES string of the molecule is CCCCC/C=C\C/C=C\CCCCCCCC(=O)O[C@H](COC(=O)CCC[C@H](O)\C=C/C=C/C=C/[C@H](O)C/C=C\CCCCC)COP(=O)(O)O. The van der Waals surface area contributed by atoms with Crippen LogP contribution in [0.25, 0.3) is 0 Å². The van der Waals surface area contributed by atoms with Crippen LogP contribution >= 0.6 is 7.82 Å². The quantitative estimate of drug-likeness (QED) is 0.0164. The molecule has 0 aromatic carbocycles. The Morgan fingerprint density at radius 2 is 1.15 bits per heavy atom. The number of rotatable bonds is 34. The van der Waals surface area contributed by atoms with Crippen molar-refractivity contribution in [2.75, 3.05) is 13.2 Å². The van der Waals surface area contributed by atoms with Crippen LogP contribution in [0.1, 0.15) is 142 Å². The molecule has 0 spiro atoms. The molecule has 0 radical (unpaired) electrons. The molecule has 0 unspecified atom stereocenters. The Bertz CT molecular complexity index is 1100. The van der Waals surface area contributed by atoms with Gasteiger partial charge in [0.15, 0.2) is 6.10 Å². The third-order valence-corrected chi connectivity index (χ3v) is 8.37. The number of phosphoric acid groups is 1. The number of aliphatic hydroxyl groups excluding tert-OH is 2. The van der Waals surface area contributed by atoms with E-state index in [2.05, 4.69) is 48.8 Å². The lowest BCUT2D eigenvalue weighted by molar-refractivity contribution is -0.161. The van der Waals surface area contributed by atoms with Crippen molar-refractivity contribution < 1.29 is 48.2 Å². The Morgan fingerprint density at radius 1 is 0.615 bits per heavy atom. The van der Waals surface area contributed by atoms with Crippen molar-refractivity contribution in [3.8, 4) is 0 Å². The average molecular weight is 753 g/mol. The minimum Gasteiger partial charge on any atom is -0.462 e. The van der Waals surface area contributed by atoms with E-state index >= 15 is 0 Å². The molecule has 11 heteroatoms. The fourth-order valence-corrected chi connectivity index (χ4v) is 5.25. The highest BCUT2D eigenvalue weighted by atomic mass is 31.2. The number of carbonyl (C=O) groups excluding carboxylic acids is 2. The average Bonchev–Trinajstić information content (AvgIpc) is 3.10. The maximum atomic E-state index is 12.4. The molecule has 10 nitrogen and oxygen atoms in total. The van der Waals surface area contributed by atoms with Crippen molar-refractivity contribution in [1.82, 2.24) is 0 Å².